The summed E-state index contributed by atoms with van der Waals surface area (Å²) in [5.41, 5.74) is 7.17. The van der Waals surface area contributed by atoms with E-state index < -0.39 is 13.2 Å². The molecule has 2 rings (SSSR count). The monoisotopic (exact) mass is 393 g/mol. The summed E-state index contributed by atoms with van der Waals surface area (Å²) in [7, 11) is -4.64. The van der Waals surface area contributed by atoms with E-state index in [1.54, 1.807) is 0 Å². The minimum atomic E-state index is -4.64. The molecular formula is C20H28NO5P. The van der Waals surface area contributed by atoms with Crippen molar-refractivity contribution in [2.24, 2.45) is 5.73 Å². The number of benzene rings is 2. The summed E-state index contributed by atoms with van der Waals surface area (Å²) in [6.07, 6.45) is 5.26. The average Bonchev–Trinajstić information content (AvgIpc) is 2.62. The maximum Gasteiger partial charge on any atom is 0.466 e. The molecule has 5 N–H and O–H groups in total. The third-order valence-corrected chi connectivity index (χ3v) is 4.36. The highest BCUT2D eigenvalue weighted by atomic mass is 31.2. The lowest BCUT2D eigenvalue weighted by Gasteiger charge is -2.32. The number of rotatable bonds is 8. The fraction of sp³-hybridized carbons (Fsp3) is 0.350. The summed E-state index contributed by atoms with van der Waals surface area (Å²) < 4.78 is 8.88. The molecule has 0 aromatic heterocycles. The van der Waals surface area contributed by atoms with Gasteiger partial charge in [-0.05, 0) is 17.5 Å². The normalized spacial score (nSPS) is 11.4. The molecule has 2 aromatic carbocycles. The number of amides is 1. The number of primary amides is 1. The fourth-order valence-corrected chi connectivity index (χ4v) is 3.13. The van der Waals surface area contributed by atoms with E-state index in [0.29, 0.717) is 0 Å². The second kappa shape index (κ2) is 11.0. The molecule has 148 valence electrons. The molecule has 0 saturated heterocycles. The van der Waals surface area contributed by atoms with Crippen molar-refractivity contribution in [3.8, 4) is 0 Å². The molecule has 2 aromatic rings. The molecule has 0 unspecified atom stereocenters. The first-order chi connectivity index (χ1) is 12.7. The maximum atomic E-state index is 12.5. The Morgan fingerprint density at radius 3 is 1.63 bits per heavy atom. The Kier molecular flexibility index (Phi) is 9.39. The van der Waals surface area contributed by atoms with Gasteiger partial charge in [0.2, 0.25) is 5.91 Å². The Hall–Kier alpha value is -1.98. The van der Waals surface area contributed by atoms with Gasteiger partial charge < -0.3 is 20.4 Å². The van der Waals surface area contributed by atoms with Crippen LogP contribution in [0.2, 0.25) is 0 Å². The van der Waals surface area contributed by atoms with Crippen molar-refractivity contribution < 1.29 is 24.0 Å². The predicted molar refractivity (Wildman–Crippen MR) is 106 cm³/mol. The number of unbranched alkanes of at least 4 members (excludes halogenated alkanes) is 3. The molecule has 1 amide bonds. The van der Waals surface area contributed by atoms with E-state index >= 15 is 0 Å². The topological polar surface area (TPSA) is 121 Å². The van der Waals surface area contributed by atoms with Crippen LogP contribution in [-0.2, 0) is 14.8 Å². The zero-order chi connectivity index (χ0) is 20.3. The summed E-state index contributed by atoms with van der Waals surface area (Å²) in [5, 5.41) is 0. The van der Waals surface area contributed by atoms with Crippen LogP contribution in [0.5, 0.6) is 0 Å². The molecule has 0 atom stereocenters. The van der Waals surface area contributed by atoms with Crippen molar-refractivity contribution in [1.82, 2.24) is 0 Å². The summed E-state index contributed by atoms with van der Waals surface area (Å²) in [6, 6.07) is 19.9. The first kappa shape index (κ1) is 23.1. The molecule has 0 bridgehead atoms. The smallest absolute Gasteiger partial charge is 0.369 e. The second-order valence-corrected chi connectivity index (χ2v) is 7.35. The Morgan fingerprint density at radius 2 is 1.30 bits per heavy atom. The van der Waals surface area contributed by atoms with Crippen LogP contribution in [0.25, 0.3) is 0 Å². The van der Waals surface area contributed by atoms with Crippen LogP contribution in [0.4, 0.5) is 0 Å². The van der Waals surface area contributed by atoms with Crippen LogP contribution in [0.15, 0.2) is 60.7 Å². The minimum absolute atomic E-state index is 0.263. The van der Waals surface area contributed by atoms with Gasteiger partial charge in [-0.25, -0.2) is 4.57 Å². The van der Waals surface area contributed by atoms with Gasteiger partial charge in [0.1, 0.15) is 0 Å². The van der Waals surface area contributed by atoms with Gasteiger partial charge in [-0.3, -0.25) is 4.79 Å². The highest BCUT2D eigenvalue weighted by molar-refractivity contribution is 7.45. The van der Waals surface area contributed by atoms with E-state index in [-0.39, 0.29) is 5.91 Å². The number of hydrogen-bond donors (Lipinski definition) is 4. The van der Waals surface area contributed by atoms with Gasteiger partial charge in [0, 0.05) is 0 Å². The van der Waals surface area contributed by atoms with Gasteiger partial charge in [-0.15, -0.1) is 0 Å². The fourth-order valence-electron chi connectivity index (χ4n) is 3.13. The molecule has 7 heteroatoms. The van der Waals surface area contributed by atoms with Crippen molar-refractivity contribution in [3.63, 3.8) is 0 Å². The molecule has 0 aliphatic rings. The van der Waals surface area contributed by atoms with Crippen LogP contribution in [0.3, 0.4) is 0 Å². The van der Waals surface area contributed by atoms with Crippen molar-refractivity contribution in [3.05, 3.63) is 71.8 Å². The zero-order valence-corrected chi connectivity index (χ0v) is 16.4. The molecule has 0 radical (unpaired) electrons. The van der Waals surface area contributed by atoms with Gasteiger partial charge >= 0.3 is 7.82 Å². The predicted octanol–water partition coefficient (Wildman–Crippen LogP) is 3.50. The third-order valence-electron chi connectivity index (χ3n) is 4.36. The highest BCUT2D eigenvalue weighted by Crippen LogP contribution is 2.37. The first-order valence-electron chi connectivity index (χ1n) is 8.91. The second-order valence-electron chi connectivity index (χ2n) is 6.33. The lowest BCUT2D eigenvalue weighted by Crippen LogP contribution is -2.42. The van der Waals surface area contributed by atoms with Crippen molar-refractivity contribution >= 4 is 13.7 Å². The van der Waals surface area contributed by atoms with E-state index in [1.165, 1.54) is 12.8 Å². The molecule has 6 nitrogen and oxygen atoms in total. The van der Waals surface area contributed by atoms with Crippen molar-refractivity contribution in [2.45, 2.75) is 44.4 Å². The Bertz CT molecular complexity index is 683. The minimum Gasteiger partial charge on any atom is -0.369 e. The molecular weight excluding hydrogens is 365 g/mol. The Morgan fingerprint density at radius 1 is 0.889 bits per heavy atom. The number of nitrogens with two attached hydrogens (primary N) is 1. The quantitative estimate of drug-likeness (QED) is 0.404. The van der Waals surface area contributed by atoms with Crippen LogP contribution >= 0.6 is 7.82 Å². The van der Waals surface area contributed by atoms with E-state index in [2.05, 4.69) is 6.92 Å². The highest BCUT2D eigenvalue weighted by Gasteiger charge is 2.39. The third kappa shape index (κ3) is 7.65. The van der Waals surface area contributed by atoms with E-state index in [1.807, 2.05) is 60.7 Å². The molecule has 0 aliphatic heterocycles. The molecule has 27 heavy (non-hydrogen) atoms. The summed E-state index contributed by atoms with van der Waals surface area (Å²) in [5.74, 6) is -0.263. The standard InChI is InChI=1S/C20H25NO.H3O4P/c1-2-3-4-11-16-20(19(21)22,17-12-7-5-8-13-17)18-14-9-6-10-15-18;1-5(2,3)4/h5-10,12-15H,2-4,11,16H2,1H3,(H2,21,22);(H3,1,2,3,4). The number of carbonyl (C=O) groups is 1. The van der Waals surface area contributed by atoms with Crippen LogP contribution in [0.1, 0.15) is 50.2 Å². The maximum absolute atomic E-state index is 12.5. The average molecular weight is 393 g/mol. The summed E-state index contributed by atoms with van der Waals surface area (Å²) >= 11 is 0. The van der Waals surface area contributed by atoms with Crippen molar-refractivity contribution in [1.29, 1.82) is 0 Å². The van der Waals surface area contributed by atoms with Gasteiger partial charge in [-0.2, -0.15) is 0 Å². The van der Waals surface area contributed by atoms with E-state index in [9.17, 15) is 4.79 Å². The summed E-state index contributed by atoms with van der Waals surface area (Å²) in [6.45, 7) is 2.19. The largest absolute Gasteiger partial charge is 0.466 e. The van der Waals surface area contributed by atoms with Gasteiger partial charge in [0.05, 0.1) is 5.41 Å². The van der Waals surface area contributed by atoms with Gasteiger partial charge in [0.25, 0.3) is 0 Å². The van der Waals surface area contributed by atoms with Crippen LogP contribution in [-0.4, -0.2) is 20.6 Å². The summed E-state index contributed by atoms with van der Waals surface area (Å²) in [4.78, 5) is 34.1. The van der Waals surface area contributed by atoms with Gasteiger partial charge in [0.15, 0.2) is 0 Å². The van der Waals surface area contributed by atoms with Crippen LogP contribution < -0.4 is 5.73 Å². The van der Waals surface area contributed by atoms with E-state index in [4.69, 9.17) is 25.0 Å². The Balaban J connectivity index is 0.000000646. The SMILES string of the molecule is CCCCCCC(C(N)=O)(c1ccccc1)c1ccccc1.O=P(O)(O)O. The molecule has 0 spiro atoms. The first-order valence-corrected chi connectivity index (χ1v) is 10.5. The van der Waals surface area contributed by atoms with Crippen molar-refractivity contribution in [2.75, 3.05) is 0 Å². The van der Waals surface area contributed by atoms with Crippen LogP contribution in [0, 0.1) is 0 Å². The number of phosphoric acid groups is 1. The number of carbonyl (C=O) groups excluding carboxylic acids is 1. The molecule has 0 fully saturated rings. The van der Waals surface area contributed by atoms with E-state index in [0.717, 1.165) is 30.4 Å². The van der Waals surface area contributed by atoms with Gasteiger partial charge in [-0.1, -0.05) is 93.3 Å². The zero-order valence-electron chi connectivity index (χ0n) is 15.5. The Labute approximate surface area is 160 Å². The number of hydrogen-bond acceptors (Lipinski definition) is 2. The molecule has 0 saturated carbocycles. The lowest BCUT2D eigenvalue weighted by molar-refractivity contribution is -0.122. The lowest BCUT2D eigenvalue weighted by atomic mass is 9.70. The molecule has 0 heterocycles. The molecule has 0 aliphatic carbocycles.